The maximum absolute atomic E-state index is 10.1. The maximum Gasteiger partial charge on any atom is 0.343 e. The first kappa shape index (κ1) is 9.43. The summed E-state index contributed by atoms with van der Waals surface area (Å²) >= 11 is 0. The van der Waals surface area contributed by atoms with Crippen molar-refractivity contribution in [1.29, 1.82) is 5.26 Å². The van der Waals surface area contributed by atoms with E-state index in [1.54, 1.807) is 6.92 Å². The molecular formula is C6H8N2O3. The van der Waals surface area contributed by atoms with Gasteiger partial charge in [0.1, 0.15) is 6.07 Å². The molecule has 0 rings (SSSR count). The second-order valence-corrected chi connectivity index (χ2v) is 1.58. The summed E-state index contributed by atoms with van der Waals surface area (Å²) in [5, 5.41) is 16.5. The molecule has 0 aromatic rings. The topological polar surface area (TPSA) is 82.7 Å². The van der Waals surface area contributed by atoms with E-state index < -0.39 is 12.0 Å². The van der Waals surface area contributed by atoms with Gasteiger partial charge in [0.15, 0.2) is 6.40 Å². The van der Waals surface area contributed by atoms with E-state index >= 15 is 0 Å². The van der Waals surface area contributed by atoms with Gasteiger partial charge in [-0.3, -0.25) is 0 Å². The standard InChI is InChI=1S/C6H8N2O3/c1-2-11-4-8-5(3-7)6(9)10/h4-5H,2H2,1H3,(H,9,10). The first-order chi connectivity index (χ1) is 5.22. The molecule has 0 saturated carbocycles. The van der Waals surface area contributed by atoms with Crippen molar-refractivity contribution in [2.45, 2.75) is 13.0 Å². The van der Waals surface area contributed by atoms with Gasteiger partial charge in [-0.15, -0.1) is 0 Å². The highest BCUT2D eigenvalue weighted by atomic mass is 16.5. The minimum absolute atomic E-state index is 0.404. The predicted molar refractivity (Wildman–Crippen MR) is 37.2 cm³/mol. The van der Waals surface area contributed by atoms with Crippen LogP contribution in [0.25, 0.3) is 0 Å². The average Bonchev–Trinajstić information content (AvgIpc) is 1.97. The monoisotopic (exact) mass is 156 g/mol. The lowest BCUT2D eigenvalue weighted by Crippen LogP contribution is -2.15. The summed E-state index contributed by atoms with van der Waals surface area (Å²) in [7, 11) is 0. The van der Waals surface area contributed by atoms with Gasteiger partial charge in [0, 0.05) is 0 Å². The summed E-state index contributed by atoms with van der Waals surface area (Å²) in [6.07, 6.45) is 0.974. The van der Waals surface area contributed by atoms with E-state index in [2.05, 4.69) is 9.73 Å². The van der Waals surface area contributed by atoms with Crippen LogP contribution in [0.3, 0.4) is 0 Å². The van der Waals surface area contributed by atoms with Crippen molar-refractivity contribution in [3.63, 3.8) is 0 Å². The Balaban J connectivity index is 3.90. The van der Waals surface area contributed by atoms with E-state index in [0.29, 0.717) is 6.61 Å². The van der Waals surface area contributed by atoms with Gasteiger partial charge in [-0.05, 0) is 6.92 Å². The number of hydrogen-bond acceptors (Lipinski definition) is 4. The van der Waals surface area contributed by atoms with E-state index in [1.165, 1.54) is 6.07 Å². The van der Waals surface area contributed by atoms with Crippen LogP contribution >= 0.6 is 0 Å². The van der Waals surface area contributed by atoms with Crippen molar-refractivity contribution in [3.05, 3.63) is 0 Å². The third-order valence-electron chi connectivity index (χ3n) is 0.807. The van der Waals surface area contributed by atoms with Crippen LogP contribution in [0.2, 0.25) is 0 Å². The Morgan fingerprint density at radius 3 is 3.00 bits per heavy atom. The molecule has 1 unspecified atom stereocenters. The van der Waals surface area contributed by atoms with Crippen LogP contribution in [0.4, 0.5) is 0 Å². The van der Waals surface area contributed by atoms with Gasteiger partial charge in [0.25, 0.3) is 0 Å². The Morgan fingerprint density at radius 1 is 2.00 bits per heavy atom. The molecule has 0 fully saturated rings. The van der Waals surface area contributed by atoms with Gasteiger partial charge in [-0.25, -0.2) is 9.79 Å². The fraction of sp³-hybridized carbons (Fsp3) is 0.500. The Labute approximate surface area is 63.9 Å². The summed E-state index contributed by atoms with van der Waals surface area (Å²) in [4.78, 5) is 13.5. The highest BCUT2D eigenvalue weighted by Gasteiger charge is 2.12. The van der Waals surface area contributed by atoms with Crippen LogP contribution < -0.4 is 0 Å². The number of carboxylic acids is 1. The molecule has 0 aromatic heterocycles. The highest BCUT2D eigenvalue weighted by molar-refractivity contribution is 5.78. The molecule has 0 aliphatic carbocycles. The largest absolute Gasteiger partial charge is 0.484 e. The second-order valence-electron chi connectivity index (χ2n) is 1.58. The third kappa shape index (κ3) is 3.92. The van der Waals surface area contributed by atoms with Crippen molar-refractivity contribution >= 4 is 12.4 Å². The van der Waals surface area contributed by atoms with Crippen molar-refractivity contribution in [3.8, 4) is 6.07 Å². The molecule has 0 bridgehead atoms. The number of rotatable bonds is 4. The molecule has 0 saturated heterocycles. The Bertz CT molecular complexity index is 194. The van der Waals surface area contributed by atoms with Gasteiger partial charge >= 0.3 is 5.97 Å². The van der Waals surface area contributed by atoms with Gasteiger partial charge in [-0.1, -0.05) is 0 Å². The van der Waals surface area contributed by atoms with Crippen LogP contribution in [0.1, 0.15) is 6.92 Å². The van der Waals surface area contributed by atoms with Crippen molar-refractivity contribution in [2.24, 2.45) is 4.99 Å². The number of nitrogens with zero attached hydrogens (tertiary/aromatic N) is 2. The number of aliphatic imine (C=N–C) groups is 1. The molecule has 60 valence electrons. The number of ether oxygens (including phenoxy) is 1. The van der Waals surface area contributed by atoms with E-state index in [1.807, 2.05) is 0 Å². The molecule has 0 amide bonds. The average molecular weight is 156 g/mol. The smallest absolute Gasteiger partial charge is 0.343 e. The third-order valence-corrected chi connectivity index (χ3v) is 0.807. The SMILES string of the molecule is CCOC=NC(C#N)C(=O)O. The Kier molecular flexibility index (Phi) is 4.49. The number of carbonyl (C=O) groups is 1. The summed E-state index contributed by atoms with van der Waals surface area (Å²) in [5.74, 6) is -1.27. The lowest BCUT2D eigenvalue weighted by Gasteiger charge is -1.94. The molecule has 0 aliphatic rings. The number of hydrogen-bond donors (Lipinski definition) is 1. The fourth-order valence-corrected chi connectivity index (χ4v) is 0.331. The first-order valence-corrected chi connectivity index (χ1v) is 2.98. The van der Waals surface area contributed by atoms with E-state index in [9.17, 15) is 4.79 Å². The number of aliphatic carboxylic acids is 1. The van der Waals surface area contributed by atoms with Gasteiger partial charge in [0.2, 0.25) is 6.04 Å². The van der Waals surface area contributed by atoms with E-state index in [4.69, 9.17) is 10.4 Å². The van der Waals surface area contributed by atoms with Crippen LogP contribution in [-0.2, 0) is 9.53 Å². The van der Waals surface area contributed by atoms with Crippen LogP contribution in [0, 0.1) is 11.3 Å². The van der Waals surface area contributed by atoms with Gasteiger partial charge in [-0.2, -0.15) is 5.26 Å². The lowest BCUT2D eigenvalue weighted by atomic mass is 10.4. The predicted octanol–water partition coefficient (Wildman–Crippen LogP) is 0.0280. The lowest BCUT2D eigenvalue weighted by molar-refractivity contribution is -0.137. The Morgan fingerprint density at radius 2 is 2.64 bits per heavy atom. The van der Waals surface area contributed by atoms with Gasteiger partial charge < -0.3 is 9.84 Å². The fourth-order valence-electron chi connectivity index (χ4n) is 0.331. The molecule has 11 heavy (non-hydrogen) atoms. The molecule has 1 N–H and O–H groups in total. The normalized spacial score (nSPS) is 12.4. The molecule has 0 spiro atoms. The second kappa shape index (κ2) is 5.23. The molecule has 0 heterocycles. The molecule has 5 heteroatoms. The number of nitriles is 1. The van der Waals surface area contributed by atoms with Gasteiger partial charge in [0.05, 0.1) is 6.61 Å². The summed E-state index contributed by atoms with van der Waals surface area (Å²) in [6, 6.07) is 0.123. The van der Waals surface area contributed by atoms with Crippen molar-refractivity contribution in [2.75, 3.05) is 6.61 Å². The zero-order chi connectivity index (χ0) is 8.69. The minimum Gasteiger partial charge on any atom is -0.484 e. The quantitative estimate of drug-likeness (QED) is 0.459. The molecule has 0 radical (unpaired) electrons. The summed E-state index contributed by atoms with van der Waals surface area (Å²) < 4.78 is 4.61. The number of carboxylic acid groups (broad SMARTS) is 1. The molecule has 0 aromatic carbocycles. The van der Waals surface area contributed by atoms with Crippen molar-refractivity contribution < 1.29 is 14.6 Å². The zero-order valence-electron chi connectivity index (χ0n) is 6.02. The molecule has 0 aliphatic heterocycles. The van der Waals surface area contributed by atoms with Crippen LogP contribution in [0.5, 0.6) is 0 Å². The molecular weight excluding hydrogens is 148 g/mol. The zero-order valence-corrected chi connectivity index (χ0v) is 6.02. The minimum atomic E-state index is -1.36. The van der Waals surface area contributed by atoms with E-state index in [-0.39, 0.29) is 0 Å². The van der Waals surface area contributed by atoms with E-state index in [0.717, 1.165) is 6.40 Å². The van der Waals surface area contributed by atoms with Crippen molar-refractivity contribution in [1.82, 2.24) is 0 Å². The maximum atomic E-state index is 10.1. The first-order valence-electron chi connectivity index (χ1n) is 2.98. The molecule has 1 atom stereocenters. The van der Waals surface area contributed by atoms with Crippen LogP contribution in [0.15, 0.2) is 4.99 Å². The Hall–Kier alpha value is -1.57. The highest BCUT2D eigenvalue weighted by Crippen LogP contribution is 1.87. The molecule has 5 nitrogen and oxygen atoms in total. The van der Waals surface area contributed by atoms with Crippen LogP contribution in [-0.4, -0.2) is 30.1 Å². The summed E-state index contributed by atoms with van der Waals surface area (Å²) in [6.45, 7) is 2.13. The summed E-state index contributed by atoms with van der Waals surface area (Å²) in [5.41, 5.74) is 0.